The third kappa shape index (κ3) is 8.91. The molecular formula is C11H21O3PSi. The van der Waals surface area contributed by atoms with Gasteiger partial charge in [0.25, 0.3) is 0 Å². The summed E-state index contributed by atoms with van der Waals surface area (Å²) in [7, 11) is 0.850. The first-order valence-electron chi connectivity index (χ1n) is 5.40. The Kier molecular flexibility index (Phi) is 7.66. The van der Waals surface area contributed by atoms with Crippen molar-refractivity contribution in [3.8, 4) is 11.5 Å². The second-order valence-electron chi connectivity index (χ2n) is 4.52. The summed E-state index contributed by atoms with van der Waals surface area (Å²) in [5, 5.41) is 0. The van der Waals surface area contributed by atoms with Crippen LogP contribution in [0.15, 0.2) is 0 Å². The first kappa shape index (κ1) is 15.6. The van der Waals surface area contributed by atoms with Gasteiger partial charge in [-0.3, -0.25) is 4.79 Å². The number of hydrogen-bond acceptors (Lipinski definition) is 3. The van der Waals surface area contributed by atoms with E-state index in [0.717, 1.165) is 0 Å². The van der Waals surface area contributed by atoms with E-state index in [9.17, 15) is 4.79 Å². The van der Waals surface area contributed by atoms with Crippen LogP contribution in [0.4, 0.5) is 0 Å². The third-order valence-corrected chi connectivity index (χ3v) is 3.00. The summed E-state index contributed by atoms with van der Waals surface area (Å²) in [6.07, 6.45) is 0.650. The lowest BCUT2D eigenvalue weighted by atomic mass is 10.2. The molecule has 0 spiro atoms. The smallest absolute Gasteiger partial charge is 0.308 e. The first-order chi connectivity index (χ1) is 7.39. The molecule has 2 atom stereocenters. The van der Waals surface area contributed by atoms with E-state index in [0.29, 0.717) is 13.0 Å². The van der Waals surface area contributed by atoms with E-state index in [1.165, 1.54) is 0 Å². The lowest BCUT2D eigenvalue weighted by molar-refractivity contribution is -0.144. The van der Waals surface area contributed by atoms with E-state index in [1.807, 2.05) is 0 Å². The topological polar surface area (TPSA) is 35.5 Å². The highest BCUT2D eigenvalue weighted by molar-refractivity contribution is 7.09. The van der Waals surface area contributed by atoms with Crippen LogP contribution in [0.1, 0.15) is 19.8 Å². The summed E-state index contributed by atoms with van der Waals surface area (Å²) < 4.78 is 9.96. The van der Waals surface area contributed by atoms with Crippen LogP contribution in [0.25, 0.3) is 0 Å². The highest BCUT2D eigenvalue weighted by Gasteiger charge is 2.13. The van der Waals surface area contributed by atoms with Crippen molar-refractivity contribution in [1.82, 2.24) is 0 Å². The quantitative estimate of drug-likeness (QED) is 0.329. The van der Waals surface area contributed by atoms with Crippen LogP contribution in [-0.2, 0) is 14.1 Å². The molecule has 0 aromatic heterocycles. The van der Waals surface area contributed by atoms with Crippen molar-refractivity contribution in [2.45, 2.75) is 45.5 Å². The van der Waals surface area contributed by atoms with Crippen molar-refractivity contribution in [3.05, 3.63) is 0 Å². The lowest BCUT2D eigenvalue weighted by Gasteiger charge is -2.11. The van der Waals surface area contributed by atoms with Gasteiger partial charge in [0.15, 0.2) is 0 Å². The molecule has 3 nitrogen and oxygen atoms in total. The number of rotatable bonds is 5. The molecule has 16 heavy (non-hydrogen) atoms. The van der Waals surface area contributed by atoms with Gasteiger partial charge >= 0.3 is 5.97 Å². The molecule has 2 unspecified atom stereocenters. The highest BCUT2D eigenvalue weighted by Crippen LogP contribution is 2.09. The van der Waals surface area contributed by atoms with Crippen molar-refractivity contribution >= 4 is 23.5 Å². The molecular weight excluding hydrogens is 239 g/mol. The van der Waals surface area contributed by atoms with Gasteiger partial charge in [0, 0.05) is 15.9 Å². The molecule has 0 heterocycles. The van der Waals surface area contributed by atoms with Crippen LogP contribution < -0.4 is 0 Å². The predicted molar refractivity (Wildman–Crippen MR) is 71.6 cm³/mol. The fraction of sp³-hybridized carbons (Fsp3) is 0.727. The first-order valence-corrected chi connectivity index (χ1v) is 9.37. The molecule has 92 valence electrons. The molecule has 0 amide bonds. The Bertz CT molecular complexity index is 275. The normalized spacial score (nSPS) is 12.6. The zero-order valence-electron chi connectivity index (χ0n) is 10.5. The number of esters is 1. The Morgan fingerprint density at radius 2 is 2.06 bits per heavy atom. The Balaban J connectivity index is 4.10. The van der Waals surface area contributed by atoms with Crippen molar-refractivity contribution in [1.29, 1.82) is 0 Å². The second-order valence-corrected chi connectivity index (χ2v) is 9.55. The van der Waals surface area contributed by atoms with Crippen LogP contribution in [-0.4, -0.2) is 26.8 Å². The number of hydrogen-bond donors (Lipinski definition) is 0. The fourth-order valence-electron chi connectivity index (χ4n) is 1.00. The highest BCUT2D eigenvalue weighted by atomic mass is 31.0. The number of carbonyl (C=O) groups excluding carboxylic acids is 1. The van der Waals surface area contributed by atoms with Crippen molar-refractivity contribution in [2.75, 3.05) is 6.61 Å². The maximum Gasteiger partial charge on any atom is 0.308 e. The van der Waals surface area contributed by atoms with E-state index >= 15 is 0 Å². The molecule has 0 N–H and O–H groups in total. The average Bonchev–Trinajstić information content (AvgIpc) is 2.14. The zero-order valence-corrected chi connectivity index (χ0v) is 12.7. The molecule has 0 saturated carbocycles. The Morgan fingerprint density at radius 3 is 2.50 bits per heavy atom. The number of carbonyl (C=O) groups is 1. The van der Waals surface area contributed by atoms with Gasteiger partial charge in [0.2, 0.25) is 0 Å². The minimum absolute atomic E-state index is 0.187. The molecule has 0 aliphatic rings. The third-order valence-electron chi connectivity index (χ3n) is 1.69. The van der Waals surface area contributed by atoms with Crippen LogP contribution in [0.2, 0.25) is 19.6 Å². The van der Waals surface area contributed by atoms with E-state index < -0.39 is 8.07 Å². The predicted octanol–water partition coefficient (Wildman–Crippen LogP) is 2.39. The minimum Gasteiger partial charge on any atom is -0.466 e. The maximum atomic E-state index is 11.2. The van der Waals surface area contributed by atoms with Crippen molar-refractivity contribution in [3.63, 3.8) is 0 Å². The van der Waals surface area contributed by atoms with Crippen molar-refractivity contribution in [2.24, 2.45) is 0 Å². The molecule has 0 bridgehead atoms. The largest absolute Gasteiger partial charge is 0.466 e. The summed E-state index contributed by atoms with van der Waals surface area (Å²) in [6.45, 7) is 8.74. The molecule has 5 heteroatoms. The molecule has 0 aromatic carbocycles. The Morgan fingerprint density at radius 1 is 1.44 bits per heavy atom. The minimum atomic E-state index is -1.33. The van der Waals surface area contributed by atoms with Gasteiger partial charge in [-0.25, -0.2) is 0 Å². The molecule has 0 fully saturated rings. The van der Waals surface area contributed by atoms with E-state index in [4.69, 9.17) is 9.26 Å². The monoisotopic (exact) mass is 260 g/mol. The number of ether oxygens (including phenoxy) is 1. The summed E-state index contributed by atoms with van der Waals surface area (Å²) in [6, 6.07) is 0. The van der Waals surface area contributed by atoms with E-state index in [1.54, 1.807) is 6.92 Å². The van der Waals surface area contributed by atoms with Gasteiger partial charge in [-0.15, -0.1) is 11.5 Å². The van der Waals surface area contributed by atoms with Crippen LogP contribution in [0, 0.1) is 11.5 Å². The summed E-state index contributed by atoms with van der Waals surface area (Å²) in [5.41, 5.74) is 3.24. The summed E-state index contributed by atoms with van der Waals surface area (Å²) in [4.78, 5) is 11.2. The molecule has 0 rings (SSSR count). The van der Waals surface area contributed by atoms with Gasteiger partial charge in [0.1, 0.15) is 8.07 Å². The fourth-order valence-corrected chi connectivity index (χ4v) is 1.83. The molecule has 0 saturated heterocycles. The van der Waals surface area contributed by atoms with Crippen molar-refractivity contribution < 1.29 is 14.1 Å². The molecule has 0 aliphatic heterocycles. The summed E-state index contributed by atoms with van der Waals surface area (Å²) >= 11 is 0. The van der Waals surface area contributed by atoms with Gasteiger partial charge in [-0.1, -0.05) is 19.6 Å². The Labute approximate surface area is 102 Å². The van der Waals surface area contributed by atoms with Crippen LogP contribution >= 0.6 is 9.47 Å². The van der Waals surface area contributed by atoms with E-state index in [-0.39, 0.29) is 18.5 Å². The van der Waals surface area contributed by atoms with Gasteiger partial charge < -0.3 is 9.26 Å². The van der Waals surface area contributed by atoms with Gasteiger partial charge in [-0.05, 0) is 6.92 Å². The van der Waals surface area contributed by atoms with Crippen LogP contribution in [0.3, 0.4) is 0 Å². The second kappa shape index (κ2) is 7.84. The van der Waals surface area contributed by atoms with Crippen LogP contribution in [0.5, 0.6) is 0 Å². The standard InChI is InChI=1S/C11H21O3PSi/c1-5-13-11(12)9-10(14-15)7-6-8-16(2,3)4/h10H,5,7,9,15H2,1-4H3. The molecule has 0 aliphatic carbocycles. The van der Waals surface area contributed by atoms with Gasteiger partial charge in [0.05, 0.1) is 19.1 Å². The zero-order chi connectivity index (χ0) is 12.6. The summed E-state index contributed by atoms with van der Waals surface area (Å²) in [5.74, 6) is 2.86. The van der Waals surface area contributed by atoms with E-state index in [2.05, 4.69) is 40.6 Å². The lowest BCUT2D eigenvalue weighted by Crippen LogP contribution is -2.18. The van der Waals surface area contributed by atoms with Gasteiger partial charge in [-0.2, -0.15) is 0 Å². The Hall–Kier alpha value is -0.363. The molecule has 0 radical (unpaired) electrons. The average molecular weight is 260 g/mol. The SMILES string of the molecule is CCOC(=O)CC(CC#C[Si](C)(C)C)OP. The maximum absolute atomic E-state index is 11.2. The molecule has 0 aromatic rings.